The van der Waals surface area contributed by atoms with Gasteiger partial charge in [-0.3, -0.25) is 91.7 Å². The van der Waals surface area contributed by atoms with Crippen LogP contribution in [0.4, 0.5) is 0 Å². The first-order valence-electron chi connectivity index (χ1n) is 40.4. The molecule has 668 valence electrons. The van der Waals surface area contributed by atoms with E-state index in [1.807, 2.05) is 0 Å². The lowest BCUT2D eigenvalue weighted by Gasteiger charge is -2.36. The van der Waals surface area contributed by atoms with E-state index in [9.17, 15) is 82.4 Å². The van der Waals surface area contributed by atoms with E-state index in [4.69, 9.17) is 11.5 Å². The lowest BCUT2D eigenvalue weighted by molar-refractivity contribution is -0.143. The number of H-pyrrole nitrogens is 2. The van der Waals surface area contributed by atoms with E-state index < -0.39 is 228 Å². The number of benzene rings is 3. The van der Waals surface area contributed by atoms with E-state index >= 15 is 14.4 Å². The number of aliphatic hydroxyl groups is 1. The SMILES string of the molecule is CC(C)[C@@H]1NC(=O)[C@H](Cc2c[nH]c3ccccc23)NC(=O)[C@@H]2CSc3cc(cc(c3)SC[C@H](NC(=O)[C@H](C)NC(C)(C)C(=O)CN(C)C(C)(C)C(=O)CCN)C(=O)N[C@@H]([C@@H](C)O)C(=O)N[C@@H](CCC(=O)O)C(=O)N2)SC[C@@H](C(N)=O)NC(=O)[C@@H]2CCCN2C(=O)[C@H](C(C)C)NC(=O)[C@H](Cc2c[nH]c3ccccc23)NC(=O)CNC(=O)[C@H](CC(=O)O)NC1=O. The Morgan fingerprint density at radius 3 is 1.65 bits per heavy atom. The Hall–Kier alpha value is -11.0. The number of carboxylic acids is 2. The molecule has 8 rings (SSSR count). The maximum atomic E-state index is 15.6. The van der Waals surface area contributed by atoms with E-state index in [0.29, 0.717) is 42.7 Å². The summed E-state index contributed by atoms with van der Waals surface area (Å²) >= 11 is 2.85. The van der Waals surface area contributed by atoms with Gasteiger partial charge in [-0.1, -0.05) is 64.1 Å². The van der Waals surface area contributed by atoms with Crippen LogP contribution < -0.4 is 75.3 Å². The summed E-state index contributed by atoms with van der Waals surface area (Å²) < 4.78 is 0. The minimum atomic E-state index is -1.97. The third-order valence-corrected chi connectivity index (χ3v) is 24.9. The number of nitrogens with one attached hydrogen (secondary N) is 14. The van der Waals surface area contributed by atoms with Crippen molar-refractivity contribution in [2.24, 2.45) is 23.3 Å². The minimum Gasteiger partial charge on any atom is -0.481 e. The molecule has 0 aliphatic carbocycles. The largest absolute Gasteiger partial charge is 0.481 e. The second-order valence-electron chi connectivity index (χ2n) is 32.5. The van der Waals surface area contributed by atoms with E-state index in [1.165, 1.54) is 39.5 Å². The Bertz CT molecular complexity index is 4780. The first-order chi connectivity index (χ1) is 58.0. The third kappa shape index (κ3) is 26.8. The molecule has 38 nitrogen and oxygen atoms in total. The van der Waals surface area contributed by atoms with E-state index in [2.05, 4.69) is 73.8 Å². The van der Waals surface area contributed by atoms with Crippen molar-refractivity contribution >= 4 is 157 Å². The zero-order valence-corrected chi connectivity index (χ0v) is 72.8. The molecule has 1 fully saturated rings. The van der Waals surface area contributed by atoms with E-state index in [1.54, 1.807) is 119 Å². The summed E-state index contributed by atoms with van der Waals surface area (Å²) in [6.45, 7) is 14.1. The van der Waals surface area contributed by atoms with Gasteiger partial charge in [0.05, 0.1) is 42.7 Å². The van der Waals surface area contributed by atoms with Crippen LogP contribution in [0, 0.1) is 11.8 Å². The first-order valence-corrected chi connectivity index (χ1v) is 43.3. The number of Topliss-reactive ketones (excluding diaryl/α,β-unsaturated/α-hetero) is 2. The molecular weight excluding hydrogens is 1650 g/mol. The van der Waals surface area contributed by atoms with Gasteiger partial charge in [0.2, 0.25) is 76.8 Å². The number of carboxylic acid groups (broad SMARTS) is 2. The van der Waals surface area contributed by atoms with Crippen LogP contribution in [-0.4, -0.2) is 276 Å². The average molecular weight is 1770 g/mol. The van der Waals surface area contributed by atoms with Crippen molar-refractivity contribution < 1.29 is 96.8 Å². The van der Waals surface area contributed by atoms with Gasteiger partial charge < -0.3 is 100 Å². The quantitative estimate of drug-likeness (QED) is 0.0347. The number of aromatic nitrogens is 2. The summed E-state index contributed by atoms with van der Waals surface area (Å²) in [4.78, 5) is 253. The van der Waals surface area contributed by atoms with Crippen LogP contribution in [0.5, 0.6) is 0 Å². The van der Waals surface area contributed by atoms with E-state index in [0.717, 1.165) is 42.2 Å². The number of rotatable bonds is 24. The van der Waals surface area contributed by atoms with Gasteiger partial charge in [0.1, 0.15) is 66.5 Å². The number of carbonyl (C=O) groups is 17. The Labute approximate surface area is 723 Å². The highest BCUT2D eigenvalue weighted by Crippen LogP contribution is 2.34. The highest BCUT2D eigenvalue weighted by atomic mass is 32.2. The number of primary amides is 1. The molecule has 3 aliphatic heterocycles. The molecule has 5 heterocycles. The molecule has 3 aromatic carbocycles. The smallest absolute Gasteiger partial charge is 0.305 e. The number of para-hydroxylation sites is 2. The molecule has 2 aromatic heterocycles. The summed E-state index contributed by atoms with van der Waals surface area (Å²) in [5, 5.41) is 64.1. The van der Waals surface area contributed by atoms with Crippen LogP contribution in [0.25, 0.3) is 21.8 Å². The number of carbonyl (C=O) groups excluding carboxylic acids is 15. The number of hydrogen-bond acceptors (Lipinski definition) is 24. The Kier molecular flexibility index (Phi) is 34.8. The molecule has 0 spiro atoms. The maximum Gasteiger partial charge on any atom is 0.305 e. The number of aliphatic hydroxyl groups excluding tert-OH is 1. The molecule has 3 aliphatic rings. The van der Waals surface area contributed by atoms with Gasteiger partial charge in [-0.15, -0.1) is 35.3 Å². The lowest BCUT2D eigenvalue weighted by atomic mass is 9.92. The number of fused-ring (bicyclic) bond motifs is 7. The van der Waals surface area contributed by atoms with Gasteiger partial charge >= 0.3 is 11.9 Å². The van der Waals surface area contributed by atoms with Crippen LogP contribution in [0.15, 0.2) is 93.8 Å². The molecule has 41 heteroatoms. The Morgan fingerprint density at radius 1 is 0.577 bits per heavy atom. The van der Waals surface area contributed by atoms with E-state index in [-0.39, 0.29) is 73.9 Å². The lowest BCUT2D eigenvalue weighted by Crippen LogP contribution is -2.63. The second-order valence-corrected chi connectivity index (χ2v) is 35.8. The van der Waals surface area contributed by atoms with Crippen LogP contribution in [-0.2, 0) is 94.3 Å². The molecule has 13 atom stereocenters. The van der Waals surface area contributed by atoms with Crippen molar-refractivity contribution in [2.75, 3.05) is 50.5 Å². The standard InChI is InChI=1S/C82H112N18O20S3/c1-40(2)66-78(118)91-56(32-65(107)108)71(111)87-35-63(104)88-54(27-44-33-85-51-19-14-12-17-49(44)51)73(113)96-67(41(3)4)80(120)100-26-16-21-60(100)77(117)92-57(69(84)109)37-121-46-29-47-31-48(30-46)123-39-59(93-70(110)42(5)98-81(7,8)62(103)36-99(11)82(9,10)61(102)24-25-83)76(116)97-68(43(6)101)79(119)89-53(22-23-64(105)106)72(112)94-58(38-122-47)75(115)90-55(74(114)95-66)28-45-34-86-52-20-15-13-18-50(45)52/h12-15,17-20,29-31,33-34,40-43,53-60,66-68,85-86,98,101H,16,21-28,32,35-39,83H2,1-11H3,(H2,84,109)(H,87,111)(H,88,104)(H,89,119)(H,90,115)(H,91,118)(H,92,117)(H,93,110)(H,94,112)(H,95,114)(H,96,113)(H,97,116)(H,105,106)(H,107,108)/t42-,43+,53-,54-,55-,56-,57-,58-,59-,60-,66-,67-,68-/m0/s1. The molecule has 4 bridgehead atoms. The summed E-state index contributed by atoms with van der Waals surface area (Å²) in [7, 11) is 1.59. The van der Waals surface area contributed by atoms with Crippen LogP contribution in [0.2, 0.25) is 0 Å². The Morgan fingerprint density at radius 2 is 1.10 bits per heavy atom. The molecule has 13 amide bonds. The number of aromatic amines is 2. The van der Waals surface area contributed by atoms with Crippen molar-refractivity contribution in [3.8, 4) is 0 Å². The molecule has 0 saturated carbocycles. The predicted molar refractivity (Wildman–Crippen MR) is 456 cm³/mol. The van der Waals surface area contributed by atoms with Crippen LogP contribution >= 0.6 is 35.3 Å². The van der Waals surface area contributed by atoms with Gasteiger partial charge in [-0.25, -0.2) is 0 Å². The maximum absolute atomic E-state index is 15.6. The topological polar surface area (TPSA) is 585 Å². The molecule has 123 heavy (non-hydrogen) atoms. The molecular formula is C82H112N18O20S3. The second kappa shape index (κ2) is 43.9. The summed E-state index contributed by atoms with van der Waals surface area (Å²) in [5.74, 6) is -19.6. The number of nitrogens with zero attached hydrogens (tertiary/aromatic N) is 2. The van der Waals surface area contributed by atoms with Gasteiger partial charge in [0.15, 0.2) is 11.6 Å². The van der Waals surface area contributed by atoms with Crippen molar-refractivity contribution in [1.82, 2.24) is 83.6 Å². The highest BCUT2D eigenvalue weighted by molar-refractivity contribution is 8.01. The number of hydrogen-bond donors (Lipinski definition) is 19. The predicted octanol–water partition coefficient (Wildman–Crippen LogP) is -1.14. The van der Waals surface area contributed by atoms with Crippen molar-refractivity contribution in [2.45, 2.75) is 225 Å². The number of likely N-dealkylation sites (N-methyl/N-ethyl adjacent to an activating group) is 1. The summed E-state index contributed by atoms with van der Waals surface area (Å²) in [6.07, 6.45) is -1.28. The van der Waals surface area contributed by atoms with Gasteiger partial charge in [0.25, 0.3) is 0 Å². The minimum absolute atomic E-state index is 0.0147. The first kappa shape index (κ1) is 97.5. The third-order valence-electron chi connectivity index (χ3n) is 21.7. The zero-order chi connectivity index (χ0) is 90.6. The van der Waals surface area contributed by atoms with Crippen molar-refractivity contribution in [3.63, 3.8) is 0 Å². The fourth-order valence-corrected chi connectivity index (χ4v) is 17.4. The van der Waals surface area contributed by atoms with Gasteiger partial charge in [-0.2, -0.15) is 0 Å². The average Bonchev–Trinajstić information content (AvgIpc) is 1.58. The normalized spacial score (nSPS) is 23.5. The van der Waals surface area contributed by atoms with Gasteiger partial charge in [0, 0.05) is 98.4 Å². The monoisotopic (exact) mass is 1760 g/mol. The van der Waals surface area contributed by atoms with Crippen LogP contribution in [0.3, 0.4) is 0 Å². The molecule has 21 N–H and O–H groups in total. The van der Waals surface area contributed by atoms with Crippen molar-refractivity contribution in [3.05, 3.63) is 90.3 Å². The van der Waals surface area contributed by atoms with Crippen molar-refractivity contribution in [1.29, 1.82) is 0 Å². The fraction of sp³-hybridized carbons (Fsp3) is 0.524. The summed E-state index contributed by atoms with van der Waals surface area (Å²) in [5.41, 5.74) is 11.4. The molecule has 5 aromatic rings. The molecule has 0 unspecified atom stereocenters. The number of nitrogens with two attached hydrogens (primary N) is 2. The fourth-order valence-electron chi connectivity index (χ4n) is 14.1. The summed E-state index contributed by atoms with van der Waals surface area (Å²) in [6, 6.07) is -0.612. The zero-order valence-electron chi connectivity index (χ0n) is 70.3. The number of aliphatic carboxylic acids is 2. The highest BCUT2D eigenvalue weighted by Gasteiger charge is 2.44. The van der Waals surface area contributed by atoms with Crippen LogP contribution in [0.1, 0.15) is 119 Å². The molecule has 0 radical (unpaired) electrons. The number of ketones is 2. The molecule has 1 saturated heterocycles. The van der Waals surface area contributed by atoms with Gasteiger partial charge in [-0.05, 0) is 128 Å². The Balaban J connectivity index is 1.23. The number of thioether (sulfide) groups is 3. The number of amides is 13.